The van der Waals surface area contributed by atoms with Crippen LogP contribution in [-0.2, 0) is 6.42 Å². The van der Waals surface area contributed by atoms with E-state index in [9.17, 15) is 0 Å². The fourth-order valence-corrected chi connectivity index (χ4v) is 8.70. The molecule has 0 spiro atoms. The summed E-state index contributed by atoms with van der Waals surface area (Å²) in [5.41, 5.74) is 7.79. The van der Waals surface area contributed by atoms with Crippen molar-refractivity contribution in [2.45, 2.75) is 6.42 Å². The summed E-state index contributed by atoms with van der Waals surface area (Å²) in [7, 11) is 0. The van der Waals surface area contributed by atoms with Crippen LogP contribution in [0.2, 0.25) is 0 Å². The van der Waals surface area contributed by atoms with Gasteiger partial charge < -0.3 is 0 Å². The van der Waals surface area contributed by atoms with E-state index in [1.54, 1.807) is 0 Å². The number of nitrogens with zero attached hydrogens (tertiary/aromatic N) is 2. The number of hydrogen-bond acceptors (Lipinski definition) is 3. The molecule has 0 bridgehead atoms. The lowest BCUT2D eigenvalue weighted by Crippen LogP contribution is -2.00. The zero-order valence-electron chi connectivity index (χ0n) is 27.2. The van der Waals surface area contributed by atoms with Crippen LogP contribution < -0.4 is 0 Å². The molecule has 0 atom stereocenters. The number of rotatable bonds is 5. The molecule has 2 aromatic heterocycles. The van der Waals surface area contributed by atoms with Crippen LogP contribution in [0.1, 0.15) is 11.3 Å². The van der Waals surface area contributed by atoms with Crippen LogP contribution in [0, 0.1) is 0 Å². The lowest BCUT2D eigenvalue weighted by Gasteiger charge is -2.12. The van der Waals surface area contributed by atoms with Gasteiger partial charge in [-0.3, -0.25) is 0 Å². The van der Waals surface area contributed by atoms with E-state index in [0.717, 1.165) is 28.3 Å². The molecule has 50 heavy (non-hydrogen) atoms. The highest BCUT2D eigenvalue weighted by Gasteiger charge is 2.15. The maximum Gasteiger partial charge on any atom is 0.160 e. The molecule has 2 heterocycles. The second kappa shape index (κ2) is 11.8. The van der Waals surface area contributed by atoms with Crippen LogP contribution in [0.4, 0.5) is 0 Å². The van der Waals surface area contributed by atoms with Crippen molar-refractivity contribution in [1.29, 1.82) is 0 Å². The first-order valence-corrected chi connectivity index (χ1v) is 17.8. The van der Waals surface area contributed by atoms with Crippen LogP contribution >= 0.6 is 11.3 Å². The molecule has 0 unspecified atom stereocenters. The van der Waals surface area contributed by atoms with Crippen LogP contribution in [0.25, 0.3) is 86.3 Å². The Bertz CT molecular complexity index is 2800. The molecule has 2 nitrogen and oxygen atoms in total. The number of benzene rings is 8. The number of hydrogen-bond donors (Lipinski definition) is 0. The van der Waals surface area contributed by atoms with E-state index in [1.807, 2.05) is 35.6 Å². The molecule has 0 aliphatic carbocycles. The van der Waals surface area contributed by atoms with Crippen molar-refractivity contribution in [3.05, 3.63) is 181 Å². The van der Waals surface area contributed by atoms with E-state index < -0.39 is 0 Å². The molecule has 10 rings (SSSR count). The topological polar surface area (TPSA) is 25.8 Å². The smallest absolute Gasteiger partial charge is 0.160 e. The Hall–Kier alpha value is -6.16. The molecular weight excluding hydrogens is 625 g/mol. The van der Waals surface area contributed by atoms with Gasteiger partial charge in [0.1, 0.15) is 0 Å². The van der Waals surface area contributed by atoms with E-state index >= 15 is 0 Å². The lowest BCUT2D eigenvalue weighted by atomic mass is 9.91. The van der Waals surface area contributed by atoms with Gasteiger partial charge in [0.05, 0.1) is 5.69 Å². The van der Waals surface area contributed by atoms with Gasteiger partial charge in [0.15, 0.2) is 5.82 Å². The maximum absolute atomic E-state index is 5.13. The van der Waals surface area contributed by atoms with Gasteiger partial charge in [0.25, 0.3) is 0 Å². The van der Waals surface area contributed by atoms with Crippen molar-refractivity contribution in [3.63, 3.8) is 0 Å². The van der Waals surface area contributed by atoms with Crippen LogP contribution in [-0.4, -0.2) is 9.97 Å². The van der Waals surface area contributed by atoms with Crippen molar-refractivity contribution in [2.75, 3.05) is 0 Å². The number of aromatic nitrogens is 2. The number of thiophene rings is 1. The molecule has 0 saturated carbocycles. The molecule has 0 fully saturated rings. The molecule has 10 aromatic rings. The fourth-order valence-electron chi connectivity index (χ4n) is 7.57. The van der Waals surface area contributed by atoms with E-state index in [1.165, 1.54) is 69.2 Å². The average Bonchev–Trinajstić information content (AvgIpc) is 3.57. The monoisotopic (exact) mass is 654 g/mol. The lowest BCUT2D eigenvalue weighted by molar-refractivity contribution is 1.04. The van der Waals surface area contributed by atoms with Gasteiger partial charge in [-0.1, -0.05) is 140 Å². The van der Waals surface area contributed by atoms with Crippen molar-refractivity contribution >= 4 is 63.8 Å². The minimum Gasteiger partial charge on any atom is -0.233 e. The summed E-state index contributed by atoms with van der Waals surface area (Å²) in [6, 6.07) is 61.1. The average molecular weight is 655 g/mol. The predicted molar refractivity (Wildman–Crippen MR) is 213 cm³/mol. The van der Waals surface area contributed by atoms with Gasteiger partial charge >= 0.3 is 0 Å². The van der Waals surface area contributed by atoms with E-state index in [-0.39, 0.29) is 0 Å². The normalized spacial score (nSPS) is 11.7. The second-order valence-electron chi connectivity index (χ2n) is 12.9. The molecule has 234 valence electrons. The Balaban J connectivity index is 1.12. The minimum atomic E-state index is 0.713. The molecule has 3 heteroatoms. The Morgan fingerprint density at radius 1 is 0.380 bits per heavy atom. The zero-order chi connectivity index (χ0) is 33.0. The standard InChI is InChI=1S/C47H30N2S/c1-3-12-30(13-4-1)43-29-35(48-47(49-43)31-14-5-2-6-15-31)26-34-16-11-21-45-46(34)42-28-33(23-25-44(42)50-45)32-22-24-40-38-19-8-7-17-36(38)37-18-9-10-20-39(37)41(40)27-32/h1-25,27-29H,26H2. The Morgan fingerprint density at radius 2 is 0.960 bits per heavy atom. The highest BCUT2D eigenvalue weighted by molar-refractivity contribution is 7.25. The predicted octanol–water partition coefficient (Wildman–Crippen LogP) is 12.9. The first-order valence-electron chi connectivity index (χ1n) is 17.0. The van der Waals surface area contributed by atoms with Gasteiger partial charge in [-0.05, 0) is 79.3 Å². The third-order valence-corrected chi connectivity index (χ3v) is 11.0. The summed E-state index contributed by atoms with van der Waals surface area (Å²) in [6.07, 6.45) is 0.713. The van der Waals surface area contributed by atoms with E-state index in [0.29, 0.717) is 6.42 Å². The van der Waals surface area contributed by atoms with E-state index in [2.05, 4.69) is 146 Å². The summed E-state index contributed by atoms with van der Waals surface area (Å²) in [5, 5.41) is 10.4. The summed E-state index contributed by atoms with van der Waals surface area (Å²) < 4.78 is 2.59. The summed E-state index contributed by atoms with van der Waals surface area (Å²) in [5.74, 6) is 0.753. The third kappa shape index (κ3) is 4.86. The van der Waals surface area contributed by atoms with Gasteiger partial charge in [-0.25, -0.2) is 9.97 Å². The molecule has 8 aromatic carbocycles. The SMILES string of the molecule is c1ccc(-c2cc(Cc3cccc4sc5ccc(-c6ccc7c8ccccc8c8ccccc8c7c6)cc5c34)nc(-c3ccccc3)n2)cc1. The highest BCUT2D eigenvalue weighted by Crippen LogP contribution is 2.41. The highest BCUT2D eigenvalue weighted by atomic mass is 32.1. The molecule has 0 aliphatic rings. The van der Waals surface area contributed by atoms with Gasteiger partial charge in [-0.15, -0.1) is 11.3 Å². The van der Waals surface area contributed by atoms with Gasteiger partial charge in [-0.2, -0.15) is 0 Å². The molecular formula is C47H30N2S. The molecule has 0 saturated heterocycles. The van der Waals surface area contributed by atoms with Crippen molar-refractivity contribution in [1.82, 2.24) is 9.97 Å². The van der Waals surface area contributed by atoms with Crippen molar-refractivity contribution in [2.24, 2.45) is 0 Å². The minimum absolute atomic E-state index is 0.713. The molecule has 0 amide bonds. The molecule has 0 aliphatic heterocycles. The number of fused-ring (bicyclic) bond motifs is 9. The van der Waals surface area contributed by atoms with Crippen LogP contribution in [0.5, 0.6) is 0 Å². The second-order valence-corrected chi connectivity index (χ2v) is 14.0. The largest absolute Gasteiger partial charge is 0.233 e. The molecule has 0 radical (unpaired) electrons. The van der Waals surface area contributed by atoms with Crippen LogP contribution in [0.3, 0.4) is 0 Å². The molecule has 0 N–H and O–H groups in total. The summed E-state index contributed by atoms with van der Waals surface area (Å²) in [6.45, 7) is 0. The third-order valence-electron chi connectivity index (χ3n) is 9.91. The Morgan fingerprint density at radius 3 is 1.66 bits per heavy atom. The van der Waals surface area contributed by atoms with Crippen molar-refractivity contribution < 1.29 is 0 Å². The van der Waals surface area contributed by atoms with Crippen molar-refractivity contribution in [3.8, 4) is 33.8 Å². The first kappa shape index (κ1) is 28.8. The van der Waals surface area contributed by atoms with Gasteiger partial charge in [0.2, 0.25) is 0 Å². The first-order chi connectivity index (χ1) is 24.8. The quantitative estimate of drug-likeness (QED) is 0.173. The Kier molecular flexibility index (Phi) is 6.78. The summed E-state index contributed by atoms with van der Waals surface area (Å²) in [4.78, 5) is 10.1. The Labute approximate surface area is 294 Å². The summed E-state index contributed by atoms with van der Waals surface area (Å²) >= 11 is 1.86. The maximum atomic E-state index is 5.13. The van der Waals surface area contributed by atoms with E-state index in [4.69, 9.17) is 9.97 Å². The van der Waals surface area contributed by atoms with Gasteiger partial charge in [0, 0.05) is 43.4 Å². The van der Waals surface area contributed by atoms with Crippen LogP contribution in [0.15, 0.2) is 170 Å². The zero-order valence-corrected chi connectivity index (χ0v) is 28.0. The fraction of sp³-hybridized carbons (Fsp3) is 0.0213.